The predicted octanol–water partition coefficient (Wildman–Crippen LogP) is 6.66. The highest BCUT2D eigenvalue weighted by atomic mass is 79.9. The van der Waals surface area contributed by atoms with Gasteiger partial charge in [-0.3, -0.25) is 0 Å². The Morgan fingerprint density at radius 2 is 1.75 bits per heavy atom. The van der Waals surface area contributed by atoms with Crippen molar-refractivity contribution in [1.29, 1.82) is 0 Å². The van der Waals surface area contributed by atoms with Crippen LogP contribution in [0.4, 0.5) is 0 Å². The van der Waals surface area contributed by atoms with E-state index in [0.29, 0.717) is 4.83 Å². The molecule has 24 heavy (non-hydrogen) atoms. The van der Waals surface area contributed by atoms with Crippen LogP contribution in [0.15, 0.2) is 30.3 Å². The lowest BCUT2D eigenvalue weighted by Crippen LogP contribution is -2.03. The zero-order valence-electron chi connectivity index (χ0n) is 15.1. The minimum atomic E-state index is 0.635. The van der Waals surface area contributed by atoms with Gasteiger partial charge in [-0.15, -0.1) is 0 Å². The maximum Gasteiger partial charge on any atom is 0.130 e. The Morgan fingerprint density at radius 3 is 2.46 bits per heavy atom. The van der Waals surface area contributed by atoms with E-state index in [4.69, 9.17) is 9.47 Å². The van der Waals surface area contributed by atoms with Crippen molar-refractivity contribution >= 4 is 26.7 Å². The zero-order chi connectivity index (χ0) is 17.4. The lowest BCUT2D eigenvalue weighted by Gasteiger charge is -2.16. The van der Waals surface area contributed by atoms with Crippen molar-refractivity contribution in [3.05, 3.63) is 35.9 Å². The number of halogens is 1. The molecular formula is C21H29BrO2. The van der Waals surface area contributed by atoms with E-state index in [1.165, 1.54) is 19.3 Å². The van der Waals surface area contributed by atoms with Gasteiger partial charge in [0.15, 0.2) is 0 Å². The summed E-state index contributed by atoms with van der Waals surface area (Å²) in [5.74, 6) is 1.96. The van der Waals surface area contributed by atoms with Crippen LogP contribution in [-0.4, -0.2) is 18.0 Å². The normalized spacial score (nSPS) is 12.3. The molecule has 0 bridgehead atoms. The van der Waals surface area contributed by atoms with E-state index in [9.17, 15) is 0 Å². The largest absolute Gasteiger partial charge is 0.493 e. The Kier molecular flexibility index (Phi) is 7.90. The summed E-state index contributed by atoms with van der Waals surface area (Å²) in [5, 5.41) is 2.29. The summed E-state index contributed by atoms with van der Waals surface area (Å²) in [7, 11) is 0. The third kappa shape index (κ3) is 5.14. The number of aryl methyl sites for hydroxylation is 1. The van der Waals surface area contributed by atoms with Crippen molar-refractivity contribution in [3.63, 3.8) is 0 Å². The molecule has 0 radical (unpaired) electrons. The van der Waals surface area contributed by atoms with E-state index >= 15 is 0 Å². The number of ether oxygens (including phenoxy) is 2. The number of rotatable bonds is 10. The standard InChI is InChI=1S/C21H29BrO2/c1-4-13-24-21-16(3)15-20(18-11-6-7-12-19(18)21)23-14-9-8-10-17(22)5-2/h6-7,11-12,15,17H,4-5,8-10,13-14H2,1-3H3. The molecule has 0 saturated heterocycles. The van der Waals surface area contributed by atoms with Gasteiger partial charge >= 0.3 is 0 Å². The van der Waals surface area contributed by atoms with Crippen molar-refractivity contribution < 1.29 is 9.47 Å². The van der Waals surface area contributed by atoms with E-state index in [0.717, 1.165) is 53.9 Å². The summed E-state index contributed by atoms with van der Waals surface area (Å²) in [6.45, 7) is 7.96. The Labute approximate surface area is 154 Å². The van der Waals surface area contributed by atoms with Crippen LogP contribution in [0.5, 0.6) is 11.5 Å². The molecule has 0 fully saturated rings. The Bertz CT molecular complexity index is 639. The van der Waals surface area contributed by atoms with Crippen LogP contribution in [0.2, 0.25) is 0 Å². The monoisotopic (exact) mass is 392 g/mol. The van der Waals surface area contributed by atoms with E-state index < -0.39 is 0 Å². The van der Waals surface area contributed by atoms with Crippen LogP contribution >= 0.6 is 15.9 Å². The molecule has 0 heterocycles. The summed E-state index contributed by atoms with van der Waals surface area (Å²) in [5.41, 5.74) is 1.14. The number of unbranched alkanes of at least 4 members (excludes halogenated alkanes) is 1. The first-order valence-corrected chi connectivity index (χ1v) is 10.0. The van der Waals surface area contributed by atoms with Crippen molar-refractivity contribution in [2.45, 2.75) is 57.7 Å². The van der Waals surface area contributed by atoms with Gasteiger partial charge in [0.2, 0.25) is 0 Å². The van der Waals surface area contributed by atoms with Crippen molar-refractivity contribution in [3.8, 4) is 11.5 Å². The predicted molar refractivity (Wildman–Crippen MR) is 107 cm³/mol. The van der Waals surface area contributed by atoms with Gasteiger partial charge in [0.1, 0.15) is 11.5 Å². The van der Waals surface area contributed by atoms with Crippen molar-refractivity contribution in [2.75, 3.05) is 13.2 Å². The van der Waals surface area contributed by atoms with Gasteiger partial charge in [0.25, 0.3) is 0 Å². The highest BCUT2D eigenvalue weighted by Gasteiger charge is 2.11. The van der Waals surface area contributed by atoms with Gasteiger partial charge in [0.05, 0.1) is 13.2 Å². The smallest absolute Gasteiger partial charge is 0.130 e. The molecule has 0 spiro atoms. The molecule has 2 aromatic carbocycles. The second kappa shape index (κ2) is 9.93. The summed E-state index contributed by atoms with van der Waals surface area (Å²) < 4.78 is 12.1. The Morgan fingerprint density at radius 1 is 1.00 bits per heavy atom. The molecule has 1 atom stereocenters. The molecule has 1 unspecified atom stereocenters. The molecule has 0 saturated carbocycles. The number of benzene rings is 2. The SMILES string of the molecule is CCCOc1c(C)cc(OCCCCC(Br)CC)c2ccccc12. The lowest BCUT2D eigenvalue weighted by atomic mass is 10.0. The van der Waals surface area contributed by atoms with E-state index in [1.54, 1.807) is 0 Å². The number of alkyl halides is 1. The molecule has 2 rings (SSSR count). The van der Waals surface area contributed by atoms with Crippen LogP contribution in [0.3, 0.4) is 0 Å². The molecule has 132 valence electrons. The summed E-state index contributed by atoms with van der Waals surface area (Å²) >= 11 is 3.69. The van der Waals surface area contributed by atoms with Gasteiger partial charge < -0.3 is 9.47 Å². The fourth-order valence-electron chi connectivity index (χ4n) is 2.82. The Hall–Kier alpha value is -1.22. The zero-order valence-corrected chi connectivity index (χ0v) is 16.7. The first-order chi connectivity index (χ1) is 11.7. The fourth-order valence-corrected chi connectivity index (χ4v) is 3.14. The average molecular weight is 393 g/mol. The highest BCUT2D eigenvalue weighted by molar-refractivity contribution is 9.09. The summed E-state index contributed by atoms with van der Waals surface area (Å²) in [4.78, 5) is 0.635. The third-order valence-electron chi connectivity index (χ3n) is 4.21. The third-order valence-corrected chi connectivity index (χ3v) is 5.31. The lowest BCUT2D eigenvalue weighted by molar-refractivity contribution is 0.304. The van der Waals surface area contributed by atoms with Gasteiger partial charge in [-0.2, -0.15) is 0 Å². The molecule has 0 aliphatic heterocycles. The second-order valence-electron chi connectivity index (χ2n) is 6.26. The molecule has 2 nitrogen and oxygen atoms in total. The molecule has 0 aromatic heterocycles. The van der Waals surface area contributed by atoms with Crippen LogP contribution in [0.25, 0.3) is 10.8 Å². The Balaban J connectivity index is 2.08. The van der Waals surface area contributed by atoms with Gasteiger partial charge in [-0.1, -0.05) is 54.0 Å². The van der Waals surface area contributed by atoms with Gasteiger partial charge in [-0.05, 0) is 50.7 Å². The molecule has 0 aliphatic carbocycles. The number of fused-ring (bicyclic) bond motifs is 1. The van der Waals surface area contributed by atoms with Gasteiger partial charge in [0, 0.05) is 15.6 Å². The minimum absolute atomic E-state index is 0.635. The van der Waals surface area contributed by atoms with Crippen molar-refractivity contribution in [2.24, 2.45) is 0 Å². The topological polar surface area (TPSA) is 18.5 Å². The highest BCUT2D eigenvalue weighted by Crippen LogP contribution is 2.36. The maximum absolute atomic E-state index is 6.10. The first-order valence-electron chi connectivity index (χ1n) is 9.09. The van der Waals surface area contributed by atoms with E-state index in [-0.39, 0.29) is 0 Å². The van der Waals surface area contributed by atoms with Crippen molar-refractivity contribution in [1.82, 2.24) is 0 Å². The number of hydrogen-bond donors (Lipinski definition) is 0. The number of hydrogen-bond acceptors (Lipinski definition) is 2. The van der Waals surface area contributed by atoms with Gasteiger partial charge in [-0.25, -0.2) is 0 Å². The first kappa shape index (κ1) is 19.1. The molecule has 0 aliphatic rings. The molecular weight excluding hydrogens is 364 g/mol. The van der Waals surface area contributed by atoms with Crippen LogP contribution in [0, 0.1) is 6.92 Å². The summed E-state index contributed by atoms with van der Waals surface area (Å²) in [6, 6.07) is 10.5. The van der Waals surface area contributed by atoms with Crippen LogP contribution in [0.1, 0.15) is 51.5 Å². The summed E-state index contributed by atoms with van der Waals surface area (Å²) in [6.07, 6.45) is 5.69. The van der Waals surface area contributed by atoms with Crippen LogP contribution < -0.4 is 9.47 Å². The fraction of sp³-hybridized carbons (Fsp3) is 0.524. The van der Waals surface area contributed by atoms with E-state index in [1.807, 2.05) is 0 Å². The molecule has 0 amide bonds. The molecule has 3 heteroatoms. The average Bonchev–Trinajstić information content (AvgIpc) is 2.60. The second-order valence-corrected chi connectivity index (χ2v) is 7.56. The molecule has 0 N–H and O–H groups in total. The van der Waals surface area contributed by atoms with Crippen LogP contribution in [-0.2, 0) is 0 Å². The van der Waals surface area contributed by atoms with E-state index in [2.05, 4.69) is 67.0 Å². The molecule has 2 aromatic rings. The maximum atomic E-state index is 6.10. The quantitative estimate of drug-likeness (QED) is 0.332. The minimum Gasteiger partial charge on any atom is -0.493 e.